The number of thioether (sulfide) groups is 1. The van der Waals surface area contributed by atoms with Crippen molar-refractivity contribution in [2.75, 3.05) is 24.4 Å². The second kappa shape index (κ2) is 16.6. The van der Waals surface area contributed by atoms with E-state index in [1.54, 1.807) is 68.8 Å². The van der Waals surface area contributed by atoms with Crippen LogP contribution in [0.25, 0.3) is 0 Å². The van der Waals surface area contributed by atoms with Gasteiger partial charge in [-0.15, -0.1) is 0 Å². The largest absolute Gasteiger partial charge is 0.497 e. The van der Waals surface area contributed by atoms with Crippen molar-refractivity contribution in [1.29, 1.82) is 0 Å². The number of carbonyl (C=O) groups excluding carboxylic acids is 3. The molecular formula is C34H51N3O5S. The summed E-state index contributed by atoms with van der Waals surface area (Å²) in [5.41, 5.74) is 2.46. The topological polar surface area (TPSA) is 97.0 Å². The van der Waals surface area contributed by atoms with Gasteiger partial charge >= 0.3 is 6.09 Å². The molecule has 0 spiro atoms. The fourth-order valence-corrected chi connectivity index (χ4v) is 5.45. The Bertz CT molecular complexity index is 1190. The Labute approximate surface area is 262 Å². The summed E-state index contributed by atoms with van der Waals surface area (Å²) in [5, 5.41) is 5.88. The predicted molar refractivity (Wildman–Crippen MR) is 177 cm³/mol. The van der Waals surface area contributed by atoms with Crippen molar-refractivity contribution >= 4 is 35.4 Å². The van der Waals surface area contributed by atoms with Crippen LogP contribution in [0.2, 0.25) is 0 Å². The minimum atomic E-state index is -0.935. The smallest absolute Gasteiger partial charge is 0.408 e. The maximum Gasteiger partial charge on any atom is 0.408 e. The molecule has 238 valence electrons. The van der Waals surface area contributed by atoms with Crippen molar-refractivity contribution < 1.29 is 23.9 Å². The molecule has 2 rings (SSSR count). The SMILES string of the molecule is COc1ccc(NC(=O)C(c2c(C)cccc2C)N(C(=O)C(CCSC)NC(=O)OC(C)(C)C)C(C)CCC(C)C)cc1. The lowest BCUT2D eigenvalue weighted by Gasteiger charge is -2.39. The number of anilines is 1. The van der Waals surface area contributed by atoms with Crippen molar-refractivity contribution in [3.63, 3.8) is 0 Å². The molecule has 0 aliphatic rings. The first kappa shape index (κ1) is 36.0. The lowest BCUT2D eigenvalue weighted by Crippen LogP contribution is -2.55. The van der Waals surface area contributed by atoms with Gasteiger partial charge in [-0.25, -0.2) is 4.79 Å². The van der Waals surface area contributed by atoms with Crippen LogP contribution < -0.4 is 15.4 Å². The summed E-state index contributed by atoms with van der Waals surface area (Å²) >= 11 is 1.59. The van der Waals surface area contributed by atoms with E-state index in [2.05, 4.69) is 24.5 Å². The number of nitrogens with one attached hydrogen (secondary N) is 2. The zero-order chi connectivity index (χ0) is 32.3. The van der Waals surface area contributed by atoms with Crippen molar-refractivity contribution in [3.8, 4) is 5.75 Å². The number of amides is 3. The molecule has 43 heavy (non-hydrogen) atoms. The molecule has 0 aliphatic heterocycles. The maximum absolute atomic E-state index is 14.7. The minimum Gasteiger partial charge on any atom is -0.497 e. The van der Waals surface area contributed by atoms with Crippen molar-refractivity contribution in [2.45, 2.75) is 98.4 Å². The van der Waals surface area contributed by atoms with E-state index in [-0.39, 0.29) is 17.9 Å². The highest BCUT2D eigenvalue weighted by atomic mass is 32.2. The number of methoxy groups -OCH3 is 1. The quantitative estimate of drug-likeness (QED) is 0.232. The molecule has 2 aromatic carbocycles. The Morgan fingerprint density at radius 1 is 0.930 bits per heavy atom. The minimum absolute atomic E-state index is 0.294. The first-order chi connectivity index (χ1) is 20.2. The third kappa shape index (κ3) is 11.1. The van der Waals surface area contributed by atoms with E-state index in [9.17, 15) is 14.4 Å². The van der Waals surface area contributed by atoms with E-state index in [1.165, 1.54) is 0 Å². The summed E-state index contributed by atoms with van der Waals surface area (Å²) in [7, 11) is 1.59. The Hall–Kier alpha value is -3.20. The first-order valence-corrected chi connectivity index (χ1v) is 16.4. The number of aryl methyl sites for hydroxylation is 2. The van der Waals surface area contributed by atoms with Crippen molar-refractivity contribution in [3.05, 3.63) is 59.2 Å². The van der Waals surface area contributed by atoms with Gasteiger partial charge in [0.25, 0.3) is 5.91 Å². The van der Waals surface area contributed by atoms with Gasteiger partial charge in [0.2, 0.25) is 5.91 Å². The molecule has 0 aliphatic carbocycles. The molecule has 3 amide bonds. The highest BCUT2D eigenvalue weighted by Crippen LogP contribution is 2.33. The number of ether oxygens (including phenoxy) is 2. The monoisotopic (exact) mass is 613 g/mol. The van der Waals surface area contributed by atoms with Gasteiger partial charge in [-0.1, -0.05) is 32.0 Å². The van der Waals surface area contributed by atoms with Gasteiger partial charge in [0.15, 0.2) is 0 Å². The highest BCUT2D eigenvalue weighted by molar-refractivity contribution is 7.98. The number of benzene rings is 2. The van der Waals surface area contributed by atoms with Gasteiger partial charge in [-0.3, -0.25) is 9.59 Å². The van der Waals surface area contributed by atoms with Gasteiger partial charge in [-0.2, -0.15) is 11.8 Å². The number of alkyl carbamates (subject to hydrolysis) is 1. The fraction of sp³-hybridized carbons (Fsp3) is 0.559. The Balaban J connectivity index is 2.67. The molecule has 8 nitrogen and oxygen atoms in total. The van der Waals surface area contributed by atoms with Gasteiger partial charge in [0, 0.05) is 11.7 Å². The first-order valence-electron chi connectivity index (χ1n) is 15.0. The lowest BCUT2D eigenvalue weighted by atomic mass is 9.91. The van der Waals surface area contributed by atoms with Crippen LogP contribution in [0.4, 0.5) is 10.5 Å². The normalized spacial score (nSPS) is 13.6. The van der Waals surface area contributed by atoms with Crippen LogP contribution >= 0.6 is 11.8 Å². The highest BCUT2D eigenvalue weighted by Gasteiger charge is 2.40. The Morgan fingerprint density at radius 2 is 1.53 bits per heavy atom. The molecule has 3 unspecified atom stereocenters. The number of nitrogens with zero attached hydrogens (tertiary/aromatic N) is 1. The van der Waals surface area contributed by atoms with E-state index >= 15 is 0 Å². The molecule has 0 aromatic heterocycles. The van der Waals surface area contributed by atoms with Crippen molar-refractivity contribution in [2.24, 2.45) is 5.92 Å². The second-order valence-electron chi connectivity index (χ2n) is 12.5. The maximum atomic E-state index is 14.7. The van der Waals surface area contributed by atoms with Gasteiger partial charge in [-0.05, 0) is 120 Å². The summed E-state index contributed by atoms with van der Waals surface area (Å²) in [5.74, 6) is 1.10. The molecule has 2 N–H and O–H groups in total. The van der Waals surface area contributed by atoms with Crippen LogP contribution in [0, 0.1) is 19.8 Å². The van der Waals surface area contributed by atoms with Gasteiger partial charge < -0.3 is 25.0 Å². The van der Waals surface area contributed by atoms with E-state index in [4.69, 9.17) is 9.47 Å². The Kier molecular flexibility index (Phi) is 13.9. The molecule has 3 atom stereocenters. The van der Waals surface area contributed by atoms with E-state index in [0.29, 0.717) is 35.9 Å². The summed E-state index contributed by atoms with van der Waals surface area (Å²) in [6.07, 6.45) is 3.27. The van der Waals surface area contributed by atoms with Gasteiger partial charge in [0.1, 0.15) is 23.4 Å². The molecule has 0 radical (unpaired) electrons. The molecule has 0 heterocycles. The molecular weight excluding hydrogens is 562 g/mol. The molecule has 0 saturated heterocycles. The van der Waals surface area contributed by atoms with Crippen LogP contribution in [0.1, 0.15) is 83.5 Å². The lowest BCUT2D eigenvalue weighted by molar-refractivity contribution is -0.143. The predicted octanol–water partition coefficient (Wildman–Crippen LogP) is 7.29. The zero-order valence-corrected chi connectivity index (χ0v) is 28.4. The van der Waals surface area contributed by atoms with E-state index in [1.807, 2.05) is 45.2 Å². The van der Waals surface area contributed by atoms with Gasteiger partial charge in [0.05, 0.1) is 7.11 Å². The zero-order valence-electron chi connectivity index (χ0n) is 27.6. The fourth-order valence-electron chi connectivity index (χ4n) is 4.98. The standard InChI is InChI=1S/C34H51N3O5S/c1-22(2)14-15-25(5)37(32(39)28(20-21-43-10)36-33(40)42-34(6,7)8)30(29-23(3)12-11-13-24(29)4)31(38)35-26-16-18-27(41-9)19-17-26/h11-13,16-19,22,25,28,30H,14-15,20-21H2,1-10H3,(H,35,38)(H,36,40). The van der Waals surface area contributed by atoms with Crippen LogP contribution in [0.3, 0.4) is 0 Å². The van der Waals surface area contributed by atoms with Crippen LogP contribution in [0.15, 0.2) is 42.5 Å². The summed E-state index contributed by atoms with van der Waals surface area (Å²) in [4.78, 5) is 43.6. The number of rotatable bonds is 14. The summed E-state index contributed by atoms with van der Waals surface area (Å²) < 4.78 is 10.8. The molecule has 0 bridgehead atoms. The van der Waals surface area contributed by atoms with Crippen LogP contribution in [-0.2, 0) is 14.3 Å². The second-order valence-corrected chi connectivity index (χ2v) is 13.5. The average Bonchev–Trinajstić information content (AvgIpc) is 2.92. The average molecular weight is 614 g/mol. The third-order valence-corrected chi connectivity index (χ3v) is 7.83. The van der Waals surface area contributed by atoms with Crippen LogP contribution in [0.5, 0.6) is 5.75 Å². The molecule has 9 heteroatoms. The van der Waals surface area contributed by atoms with E-state index in [0.717, 1.165) is 23.1 Å². The summed E-state index contributed by atoms with van der Waals surface area (Å²) in [6.45, 7) is 15.5. The summed E-state index contributed by atoms with van der Waals surface area (Å²) in [6, 6.07) is 10.9. The molecule has 0 saturated carbocycles. The number of carbonyl (C=O) groups is 3. The van der Waals surface area contributed by atoms with Crippen LogP contribution in [-0.4, -0.2) is 59.6 Å². The van der Waals surface area contributed by atoms with E-state index < -0.39 is 23.8 Å². The Morgan fingerprint density at radius 3 is 2.05 bits per heavy atom. The number of hydrogen-bond acceptors (Lipinski definition) is 6. The van der Waals surface area contributed by atoms with Crippen molar-refractivity contribution in [1.82, 2.24) is 10.2 Å². The molecule has 2 aromatic rings. The molecule has 0 fully saturated rings. The third-order valence-electron chi connectivity index (χ3n) is 7.19. The number of hydrogen-bond donors (Lipinski definition) is 2.